The molecule has 3 heteroatoms. The highest BCUT2D eigenvalue weighted by atomic mass is 16.1. The van der Waals surface area contributed by atoms with Gasteiger partial charge in [-0.05, 0) is 13.0 Å². The van der Waals surface area contributed by atoms with Crippen molar-refractivity contribution in [2.24, 2.45) is 5.73 Å². The molecule has 0 fully saturated rings. The van der Waals surface area contributed by atoms with Gasteiger partial charge in [0, 0.05) is 0 Å². The molecule has 0 heterocycles. The summed E-state index contributed by atoms with van der Waals surface area (Å²) in [5, 5.41) is 2.99. The number of amides is 1. The van der Waals surface area contributed by atoms with Gasteiger partial charge in [-0.25, -0.2) is 0 Å². The van der Waals surface area contributed by atoms with E-state index in [1.165, 1.54) is 25.7 Å². The lowest BCUT2D eigenvalue weighted by Gasteiger charge is -2.01. The molecule has 72 valence electrons. The lowest BCUT2D eigenvalue weighted by molar-refractivity contribution is -0.117. The molecular weight excluding hydrogens is 152 g/mol. The first-order valence-corrected chi connectivity index (χ1v) is 4.76. The van der Waals surface area contributed by atoms with Crippen LogP contribution in [0.15, 0.2) is 0 Å². The molecule has 0 saturated heterocycles. The topological polar surface area (TPSA) is 55.1 Å². The highest BCUT2D eigenvalue weighted by Crippen LogP contribution is 2.00. The third kappa shape index (κ3) is 9.43. The highest BCUT2D eigenvalue weighted by molar-refractivity contribution is 5.75. The first-order valence-electron chi connectivity index (χ1n) is 4.76. The number of hydrogen-bond donors (Lipinski definition) is 2. The number of hydrogen-bond acceptors (Lipinski definition) is 2. The molecule has 3 nitrogen and oxygen atoms in total. The van der Waals surface area contributed by atoms with Crippen molar-refractivity contribution in [2.75, 3.05) is 13.1 Å². The predicted octanol–water partition coefficient (Wildman–Crippen LogP) is 1.03. The van der Waals surface area contributed by atoms with E-state index in [1.807, 2.05) is 0 Å². The summed E-state index contributed by atoms with van der Waals surface area (Å²) in [6.07, 6.45) is 6.28. The lowest BCUT2D eigenvalue weighted by atomic mass is 10.1. The van der Waals surface area contributed by atoms with Gasteiger partial charge in [-0.3, -0.25) is 4.79 Å². The van der Waals surface area contributed by atoms with Gasteiger partial charge in [0.15, 0.2) is 0 Å². The summed E-state index contributed by atoms with van der Waals surface area (Å²) < 4.78 is 0. The van der Waals surface area contributed by atoms with Gasteiger partial charge in [0.25, 0.3) is 0 Å². The maximum atomic E-state index is 10.3. The first kappa shape index (κ1) is 11.4. The van der Waals surface area contributed by atoms with Gasteiger partial charge in [-0.2, -0.15) is 0 Å². The summed E-state index contributed by atoms with van der Waals surface area (Å²) >= 11 is 0. The monoisotopic (exact) mass is 172 g/mol. The molecule has 0 aromatic heterocycles. The molecule has 3 N–H and O–H groups in total. The minimum absolute atomic E-state index is 0.274. The summed E-state index contributed by atoms with van der Waals surface area (Å²) in [5.41, 5.74) is 4.95. The van der Waals surface area contributed by atoms with E-state index in [0.717, 1.165) is 13.0 Å². The van der Waals surface area contributed by atoms with Crippen molar-refractivity contribution in [3.05, 3.63) is 0 Å². The summed E-state index contributed by atoms with van der Waals surface area (Å²) in [6, 6.07) is 0. The van der Waals surface area contributed by atoms with Gasteiger partial charge in [-0.1, -0.05) is 32.6 Å². The first-order chi connectivity index (χ1) is 5.77. The van der Waals surface area contributed by atoms with Crippen molar-refractivity contribution < 1.29 is 4.79 Å². The van der Waals surface area contributed by atoms with Crippen LogP contribution in [0.3, 0.4) is 0 Å². The van der Waals surface area contributed by atoms with E-state index in [4.69, 9.17) is 5.73 Å². The number of nitrogens with two attached hydrogens (primary N) is 1. The van der Waals surface area contributed by atoms with Crippen LogP contribution in [0.2, 0.25) is 0 Å². The predicted molar refractivity (Wildman–Crippen MR) is 50.8 cm³/mol. The van der Waals surface area contributed by atoms with Gasteiger partial charge in [-0.15, -0.1) is 0 Å². The third-order valence-electron chi connectivity index (χ3n) is 1.76. The molecule has 0 spiro atoms. The minimum Gasteiger partial charge on any atom is -0.369 e. The zero-order valence-electron chi connectivity index (χ0n) is 7.94. The van der Waals surface area contributed by atoms with Crippen LogP contribution in [0.5, 0.6) is 0 Å². The Balaban J connectivity index is 2.86. The average molecular weight is 172 g/mol. The smallest absolute Gasteiger partial charge is 0.231 e. The molecule has 0 unspecified atom stereocenters. The molecule has 0 saturated carbocycles. The van der Waals surface area contributed by atoms with E-state index in [2.05, 4.69) is 12.2 Å². The quantitative estimate of drug-likeness (QED) is 0.537. The Morgan fingerprint density at radius 3 is 2.50 bits per heavy atom. The maximum absolute atomic E-state index is 10.3. The van der Waals surface area contributed by atoms with E-state index in [1.54, 1.807) is 0 Å². The number of carbonyl (C=O) groups is 1. The van der Waals surface area contributed by atoms with Gasteiger partial charge < -0.3 is 11.1 Å². The number of nitrogens with one attached hydrogen (secondary N) is 1. The fraction of sp³-hybridized carbons (Fsp3) is 0.889. The summed E-state index contributed by atoms with van der Waals surface area (Å²) in [7, 11) is 0. The van der Waals surface area contributed by atoms with E-state index >= 15 is 0 Å². The van der Waals surface area contributed by atoms with E-state index in [-0.39, 0.29) is 5.91 Å². The fourth-order valence-corrected chi connectivity index (χ4v) is 1.07. The molecule has 12 heavy (non-hydrogen) atoms. The molecule has 0 aliphatic rings. The molecule has 0 aromatic rings. The summed E-state index contributed by atoms with van der Waals surface area (Å²) in [5.74, 6) is -0.274. The molecule has 0 aliphatic carbocycles. The Kier molecular flexibility index (Phi) is 8.12. The van der Waals surface area contributed by atoms with E-state index in [9.17, 15) is 4.79 Å². The molecule has 0 aromatic carbocycles. The maximum Gasteiger partial charge on any atom is 0.231 e. The molecule has 0 atom stereocenters. The number of unbranched alkanes of at least 4 members (excludes halogenated alkanes) is 4. The van der Waals surface area contributed by atoms with Crippen molar-refractivity contribution >= 4 is 5.91 Å². The molecule has 0 aliphatic heterocycles. The Hall–Kier alpha value is -0.570. The van der Waals surface area contributed by atoms with Gasteiger partial charge >= 0.3 is 0 Å². The molecule has 0 rings (SSSR count). The summed E-state index contributed by atoms with van der Waals surface area (Å²) in [4.78, 5) is 10.3. The van der Waals surface area contributed by atoms with Gasteiger partial charge in [0.2, 0.25) is 5.91 Å². The van der Waals surface area contributed by atoms with E-state index < -0.39 is 0 Å². The van der Waals surface area contributed by atoms with Crippen molar-refractivity contribution in [1.82, 2.24) is 5.32 Å². The van der Waals surface area contributed by atoms with Crippen molar-refractivity contribution in [2.45, 2.75) is 39.0 Å². The summed E-state index contributed by atoms with van der Waals surface area (Å²) in [6.45, 7) is 3.42. The van der Waals surface area contributed by atoms with E-state index in [0.29, 0.717) is 6.54 Å². The number of rotatable bonds is 8. The van der Waals surface area contributed by atoms with Crippen LogP contribution in [-0.2, 0) is 4.79 Å². The number of carbonyl (C=O) groups excluding carboxylic acids is 1. The molecular formula is C9H20N2O. The van der Waals surface area contributed by atoms with Crippen LogP contribution >= 0.6 is 0 Å². The highest BCUT2D eigenvalue weighted by Gasteiger charge is 1.92. The molecule has 1 amide bonds. The largest absolute Gasteiger partial charge is 0.369 e. The van der Waals surface area contributed by atoms with Crippen molar-refractivity contribution in [3.63, 3.8) is 0 Å². The van der Waals surface area contributed by atoms with Crippen LogP contribution in [0.25, 0.3) is 0 Å². The Labute approximate surface area is 74.7 Å². The second-order valence-electron chi connectivity index (χ2n) is 3.06. The third-order valence-corrected chi connectivity index (χ3v) is 1.76. The van der Waals surface area contributed by atoms with Crippen LogP contribution in [0, 0.1) is 0 Å². The average Bonchev–Trinajstić information content (AvgIpc) is 2.02. The van der Waals surface area contributed by atoms with Gasteiger partial charge in [0.05, 0.1) is 6.54 Å². The Morgan fingerprint density at radius 1 is 1.25 bits per heavy atom. The molecule has 0 bridgehead atoms. The van der Waals surface area contributed by atoms with Crippen molar-refractivity contribution in [1.29, 1.82) is 0 Å². The SMILES string of the molecule is CCCCCCCNCC(N)=O. The fourth-order valence-electron chi connectivity index (χ4n) is 1.07. The second-order valence-corrected chi connectivity index (χ2v) is 3.06. The molecule has 0 radical (unpaired) electrons. The zero-order valence-corrected chi connectivity index (χ0v) is 7.94. The normalized spacial score (nSPS) is 10.1. The standard InChI is InChI=1S/C9H20N2O/c1-2-3-4-5-6-7-11-8-9(10)12/h11H,2-8H2,1H3,(H2,10,12). The minimum atomic E-state index is -0.274. The second kappa shape index (κ2) is 8.53. The van der Waals surface area contributed by atoms with Crippen LogP contribution in [-0.4, -0.2) is 19.0 Å². The lowest BCUT2D eigenvalue weighted by Crippen LogP contribution is -2.29. The van der Waals surface area contributed by atoms with Crippen LogP contribution in [0.4, 0.5) is 0 Å². The van der Waals surface area contributed by atoms with Crippen molar-refractivity contribution in [3.8, 4) is 0 Å². The number of primary amides is 1. The van der Waals surface area contributed by atoms with Gasteiger partial charge in [0.1, 0.15) is 0 Å². The zero-order chi connectivity index (χ0) is 9.23. The Morgan fingerprint density at radius 2 is 1.92 bits per heavy atom. The van der Waals surface area contributed by atoms with Crippen LogP contribution < -0.4 is 11.1 Å². The Bertz CT molecular complexity index is 115. The van der Waals surface area contributed by atoms with Crippen LogP contribution in [0.1, 0.15) is 39.0 Å².